The van der Waals surface area contributed by atoms with E-state index in [9.17, 15) is 4.79 Å². The van der Waals surface area contributed by atoms with Gasteiger partial charge in [0.15, 0.2) is 0 Å². The van der Waals surface area contributed by atoms with E-state index in [-0.39, 0.29) is 5.56 Å². The van der Waals surface area contributed by atoms with Crippen LogP contribution in [-0.4, -0.2) is 11.1 Å². The third kappa shape index (κ3) is 2.07. The average Bonchev–Trinajstić information content (AvgIpc) is 2.63. The van der Waals surface area contributed by atoms with Crippen molar-refractivity contribution in [3.8, 4) is 10.4 Å². The third-order valence-corrected chi connectivity index (χ3v) is 3.68. The summed E-state index contributed by atoms with van der Waals surface area (Å²) in [5.74, 6) is -0.990. The Balaban J connectivity index is 2.67. The summed E-state index contributed by atoms with van der Waals surface area (Å²) in [7, 11) is 0. The first-order valence-corrected chi connectivity index (χ1v) is 5.99. The first-order valence-electron chi connectivity index (χ1n) is 4.36. The highest BCUT2D eigenvalue weighted by molar-refractivity contribution is 7.14. The fraction of sp³-hybridized carbons (Fsp3) is 0. The number of aromatic carboxylic acids is 1. The second kappa shape index (κ2) is 4.45. The van der Waals surface area contributed by atoms with E-state index in [1.165, 1.54) is 17.4 Å². The fourth-order valence-electron chi connectivity index (χ4n) is 1.38. The Labute approximate surface area is 106 Å². The normalized spacial score (nSPS) is 10.4. The van der Waals surface area contributed by atoms with Crippen LogP contribution < -0.4 is 0 Å². The Bertz CT molecular complexity index is 549. The molecule has 0 aliphatic carbocycles. The lowest BCUT2D eigenvalue weighted by molar-refractivity contribution is 0.0698. The van der Waals surface area contributed by atoms with E-state index in [4.69, 9.17) is 28.3 Å². The molecule has 82 valence electrons. The maximum atomic E-state index is 11.1. The standard InChI is InChI=1S/C11H6Cl2O2S/c12-6-1-2-7(11(14)15)8(5-6)10-9(13)3-4-16-10/h1-5H,(H,14,15). The smallest absolute Gasteiger partial charge is 0.336 e. The molecular formula is C11H6Cl2O2S. The molecular weight excluding hydrogens is 267 g/mol. The summed E-state index contributed by atoms with van der Waals surface area (Å²) in [6.07, 6.45) is 0. The van der Waals surface area contributed by atoms with Crippen molar-refractivity contribution in [1.82, 2.24) is 0 Å². The summed E-state index contributed by atoms with van der Waals surface area (Å²) in [6.45, 7) is 0. The maximum Gasteiger partial charge on any atom is 0.336 e. The number of carbonyl (C=O) groups is 1. The lowest BCUT2D eigenvalue weighted by Gasteiger charge is -2.05. The molecule has 0 bridgehead atoms. The van der Waals surface area contributed by atoms with Gasteiger partial charge in [-0.15, -0.1) is 11.3 Å². The van der Waals surface area contributed by atoms with Gasteiger partial charge in [0.2, 0.25) is 0 Å². The second-order valence-electron chi connectivity index (χ2n) is 3.09. The van der Waals surface area contributed by atoms with Crippen molar-refractivity contribution in [3.05, 3.63) is 45.3 Å². The molecule has 0 saturated carbocycles. The molecule has 0 aliphatic rings. The van der Waals surface area contributed by atoms with Gasteiger partial charge < -0.3 is 5.11 Å². The van der Waals surface area contributed by atoms with Gasteiger partial charge in [-0.05, 0) is 29.6 Å². The fourth-order valence-corrected chi connectivity index (χ4v) is 2.74. The molecule has 0 spiro atoms. The van der Waals surface area contributed by atoms with Gasteiger partial charge in [-0.3, -0.25) is 0 Å². The van der Waals surface area contributed by atoms with Crippen molar-refractivity contribution < 1.29 is 9.90 Å². The van der Waals surface area contributed by atoms with Crippen molar-refractivity contribution in [3.63, 3.8) is 0 Å². The number of halogens is 2. The first kappa shape index (κ1) is 11.5. The number of carboxylic acids is 1. The Hall–Kier alpha value is -1.03. The predicted molar refractivity (Wildman–Crippen MR) is 66.7 cm³/mol. The Morgan fingerprint density at radius 1 is 1.25 bits per heavy atom. The lowest BCUT2D eigenvalue weighted by atomic mass is 10.1. The number of rotatable bonds is 2. The van der Waals surface area contributed by atoms with E-state index in [1.807, 2.05) is 5.38 Å². The molecule has 0 aliphatic heterocycles. The molecule has 0 radical (unpaired) electrons. The number of benzene rings is 1. The third-order valence-electron chi connectivity index (χ3n) is 2.07. The molecule has 16 heavy (non-hydrogen) atoms. The van der Waals surface area contributed by atoms with Crippen molar-refractivity contribution in [1.29, 1.82) is 0 Å². The first-order chi connectivity index (χ1) is 7.59. The molecule has 1 heterocycles. The van der Waals surface area contributed by atoms with Crippen LogP contribution in [0, 0.1) is 0 Å². The van der Waals surface area contributed by atoms with E-state index in [0.29, 0.717) is 15.6 Å². The summed E-state index contributed by atoms with van der Waals surface area (Å²) >= 11 is 13.2. The van der Waals surface area contributed by atoms with Crippen LogP contribution in [0.5, 0.6) is 0 Å². The number of hydrogen-bond acceptors (Lipinski definition) is 2. The van der Waals surface area contributed by atoms with Gasteiger partial charge >= 0.3 is 5.97 Å². The topological polar surface area (TPSA) is 37.3 Å². The van der Waals surface area contributed by atoms with Gasteiger partial charge in [-0.2, -0.15) is 0 Å². The number of hydrogen-bond donors (Lipinski definition) is 1. The summed E-state index contributed by atoms with van der Waals surface area (Å²) in [6, 6.07) is 6.38. The van der Waals surface area contributed by atoms with Gasteiger partial charge in [0, 0.05) is 10.6 Å². The molecule has 2 aromatic rings. The molecule has 0 atom stereocenters. The second-order valence-corrected chi connectivity index (χ2v) is 4.85. The highest BCUT2D eigenvalue weighted by Gasteiger charge is 2.15. The zero-order chi connectivity index (χ0) is 11.7. The van der Waals surface area contributed by atoms with Crippen LogP contribution in [0.2, 0.25) is 10.0 Å². The molecule has 0 amide bonds. The van der Waals surface area contributed by atoms with Crippen molar-refractivity contribution in [2.45, 2.75) is 0 Å². The quantitative estimate of drug-likeness (QED) is 0.879. The van der Waals surface area contributed by atoms with Gasteiger partial charge in [-0.25, -0.2) is 4.79 Å². The Morgan fingerprint density at radius 3 is 2.56 bits per heavy atom. The van der Waals surface area contributed by atoms with Crippen molar-refractivity contribution in [2.75, 3.05) is 0 Å². The minimum atomic E-state index is -0.990. The van der Waals surface area contributed by atoms with Crippen LogP contribution in [0.25, 0.3) is 10.4 Å². The zero-order valence-corrected chi connectivity index (χ0v) is 10.2. The van der Waals surface area contributed by atoms with Crippen LogP contribution >= 0.6 is 34.5 Å². The molecule has 1 N–H and O–H groups in total. The molecule has 1 aromatic carbocycles. The summed E-state index contributed by atoms with van der Waals surface area (Å²) < 4.78 is 0. The Morgan fingerprint density at radius 2 is 2.00 bits per heavy atom. The van der Waals surface area contributed by atoms with Crippen LogP contribution in [0.3, 0.4) is 0 Å². The highest BCUT2D eigenvalue weighted by atomic mass is 35.5. The largest absolute Gasteiger partial charge is 0.478 e. The highest BCUT2D eigenvalue weighted by Crippen LogP contribution is 2.36. The van der Waals surface area contributed by atoms with Crippen molar-refractivity contribution in [2.24, 2.45) is 0 Å². The SMILES string of the molecule is O=C(O)c1ccc(Cl)cc1-c1sccc1Cl. The Kier molecular flexibility index (Phi) is 3.19. The van der Waals surface area contributed by atoms with E-state index in [1.54, 1.807) is 18.2 Å². The lowest BCUT2D eigenvalue weighted by Crippen LogP contribution is -1.98. The summed E-state index contributed by atoms with van der Waals surface area (Å²) in [4.78, 5) is 11.8. The maximum absolute atomic E-state index is 11.1. The molecule has 2 rings (SSSR count). The molecule has 0 saturated heterocycles. The summed E-state index contributed by atoms with van der Waals surface area (Å²) in [5.41, 5.74) is 0.758. The molecule has 0 fully saturated rings. The van der Waals surface area contributed by atoms with E-state index in [2.05, 4.69) is 0 Å². The van der Waals surface area contributed by atoms with Gasteiger partial charge in [0.05, 0.1) is 15.5 Å². The average molecular weight is 273 g/mol. The minimum absolute atomic E-state index is 0.203. The van der Waals surface area contributed by atoms with Crippen molar-refractivity contribution >= 4 is 40.5 Å². The van der Waals surface area contributed by atoms with Gasteiger partial charge in [0.25, 0.3) is 0 Å². The predicted octanol–water partition coefficient (Wildman–Crippen LogP) is 4.42. The van der Waals surface area contributed by atoms with E-state index >= 15 is 0 Å². The van der Waals surface area contributed by atoms with E-state index in [0.717, 1.165) is 4.88 Å². The van der Waals surface area contributed by atoms with Crippen LogP contribution in [0.1, 0.15) is 10.4 Å². The minimum Gasteiger partial charge on any atom is -0.478 e. The van der Waals surface area contributed by atoms with E-state index < -0.39 is 5.97 Å². The van der Waals surface area contributed by atoms with Gasteiger partial charge in [-0.1, -0.05) is 23.2 Å². The van der Waals surface area contributed by atoms with Gasteiger partial charge in [0.1, 0.15) is 0 Å². The molecule has 5 heteroatoms. The monoisotopic (exact) mass is 272 g/mol. The number of thiophene rings is 1. The number of carboxylic acid groups (broad SMARTS) is 1. The van der Waals surface area contributed by atoms with Crippen LogP contribution in [0.15, 0.2) is 29.6 Å². The van der Waals surface area contributed by atoms with Crippen LogP contribution in [0.4, 0.5) is 0 Å². The summed E-state index contributed by atoms with van der Waals surface area (Å²) in [5, 5.41) is 11.9. The molecule has 2 nitrogen and oxygen atoms in total. The zero-order valence-electron chi connectivity index (χ0n) is 7.91. The van der Waals surface area contributed by atoms with Crippen LogP contribution in [-0.2, 0) is 0 Å². The molecule has 0 unspecified atom stereocenters. The molecule has 1 aromatic heterocycles.